The smallest absolute Gasteiger partial charge is 0.310 e. The minimum Gasteiger partial charge on any atom is -0.481 e. The molecular formula is C22H24O5. The van der Waals surface area contributed by atoms with Gasteiger partial charge in [-0.05, 0) is 56.0 Å². The highest BCUT2D eigenvalue weighted by atomic mass is 16.5. The van der Waals surface area contributed by atoms with Crippen molar-refractivity contribution >= 4 is 23.8 Å². The number of hydrogen-bond donors (Lipinski definition) is 1. The Bertz CT molecular complexity index is 833. The van der Waals surface area contributed by atoms with Gasteiger partial charge < -0.3 is 9.84 Å². The van der Waals surface area contributed by atoms with Crippen LogP contribution in [0.15, 0.2) is 35.9 Å². The van der Waals surface area contributed by atoms with Crippen LogP contribution in [0, 0.1) is 25.7 Å². The minimum atomic E-state index is -0.958. The lowest BCUT2D eigenvalue weighted by Gasteiger charge is -2.27. The fourth-order valence-corrected chi connectivity index (χ4v) is 3.85. The molecule has 1 fully saturated rings. The van der Waals surface area contributed by atoms with Crippen molar-refractivity contribution in [2.75, 3.05) is 0 Å². The van der Waals surface area contributed by atoms with Crippen molar-refractivity contribution in [2.24, 2.45) is 11.8 Å². The molecule has 0 aliphatic heterocycles. The number of ketones is 1. The van der Waals surface area contributed by atoms with E-state index in [0.717, 1.165) is 29.5 Å². The van der Waals surface area contributed by atoms with Crippen LogP contribution in [0.2, 0.25) is 0 Å². The third-order valence-electron chi connectivity index (χ3n) is 5.38. The minimum absolute atomic E-state index is 0.189. The summed E-state index contributed by atoms with van der Waals surface area (Å²) in [5, 5.41) is 9.37. The largest absolute Gasteiger partial charge is 0.481 e. The van der Waals surface area contributed by atoms with Gasteiger partial charge in [-0.2, -0.15) is 0 Å². The van der Waals surface area contributed by atoms with E-state index in [1.54, 1.807) is 12.2 Å². The van der Waals surface area contributed by atoms with Gasteiger partial charge in [0.1, 0.15) is 6.10 Å². The maximum atomic E-state index is 12.6. The molecule has 0 radical (unpaired) electrons. The van der Waals surface area contributed by atoms with Crippen LogP contribution in [0.25, 0.3) is 6.08 Å². The number of carbonyl (C=O) groups is 3. The molecule has 2 aliphatic rings. The number of carboxylic acids is 1. The second kappa shape index (κ2) is 7.91. The Morgan fingerprint density at radius 1 is 1.15 bits per heavy atom. The van der Waals surface area contributed by atoms with Gasteiger partial charge in [-0.15, -0.1) is 0 Å². The van der Waals surface area contributed by atoms with E-state index in [9.17, 15) is 19.5 Å². The Balaban J connectivity index is 1.79. The van der Waals surface area contributed by atoms with Gasteiger partial charge in [-0.1, -0.05) is 36.6 Å². The first kappa shape index (κ1) is 19.1. The van der Waals surface area contributed by atoms with Gasteiger partial charge in [-0.3, -0.25) is 14.4 Å². The molecule has 0 aromatic heterocycles. The SMILES string of the molecule is Cc1ccc(/C=C2\C(=O)C=CC2OC(=O)C2CCCCC2C(=O)O)c(C)c1. The molecule has 2 aliphatic carbocycles. The first-order chi connectivity index (χ1) is 12.9. The lowest BCUT2D eigenvalue weighted by molar-refractivity contribution is -0.161. The molecule has 0 bridgehead atoms. The molecule has 27 heavy (non-hydrogen) atoms. The number of carbonyl (C=O) groups excluding carboxylic acids is 2. The normalized spacial score (nSPS) is 26.4. The maximum Gasteiger partial charge on any atom is 0.310 e. The fourth-order valence-electron chi connectivity index (χ4n) is 3.85. The van der Waals surface area contributed by atoms with Crippen LogP contribution in [0.1, 0.15) is 42.4 Å². The molecule has 1 N–H and O–H groups in total. The molecule has 3 rings (SSSR count). The Morgan fingerprint density at radius 3 is 2.52 bits per heavy atom. The van der Waals surface area contributed by atoms with Gasteiger partial charge >= 0.3 is 11.9 Å². The lowest BCUT2D eigenvalue weighted by atomic mass is 9.79. The third-order valence-corrected chi connectivity index (χ3v) is 5.38. The quantitative estimate of drug-likeness (QED) is 0.648. The van der Waals surface area contributed by atoms with Gasteiger partial charge in [0.05, 0.1) is 11.8 Å². The molecule has 5 nitrogen and oxygen atoms in total. The number of aryl methyl sites for hydroxylation is 2. The Kier molecular flexibility index (Phi) is 5.59. The van der Waals surface area contributed by atoms with E-state index in [-0.39, 0.29) is 5.78 Å². The van der Waals surface area contributed by atoms with Crippen LogP contribution in [-0.2, 0) is 19.1 Å². The van der Waals surface area contributed by atoms with Crippen molar-refractivity contribution in [3.63, 3.8) is 0 Å². The average molecular weight is 368 g/mol. The molecule has 0 saturated heterocycles. The van der Waals surface area contributed by atoms with Gasteiger partial charge in [0.2, 0.25) is 0 Å². The molecule has 5 heteroatoms. The Morgan fingerprint density at radius 2 is 1.85 bits per heavy atom. The molecule has 1 aromatic rings. The van der Waals surface area contributed by atoms with Crippen molar-refractivity contribution in [2.45, 2.75) is 45.6 Å². The summed E-state index contributed by atoms with van der Waals surface area (Å²) in [6.07, 6.45) is 6.58. The number of ether oxygens (including phenoxy) is 1. The second-order valence-corrected chi connectivity index (χ2v) is 7.38. The van der Waals surface area contributed by atoms with Crippen LogP contribution < -0.4 is 0 Å². The molecule has 142 valence electrons. The van der Waals surface area contributed by atoms with Gasteiger partial charge in [-0.25, -0.2) is 0 Å². The van der Waals surface area contributed by atoms with Crippen molar-refractivity contribution in [1.29, 1.82) is 0 Å². The molecule has 0 heterocycles. The number of aliphatic carboxylic acids is 1. The number of benzene rings is 1. The monoisotopic (exact) mass is 368 g/mol. The van der Waals surface area contributed by atoms with Gasteiger partial charge in [0.25, 0.3) is 0 Å². The van der Waals surface area contributed by atoms with Crippen LogP contribution in [-0.4, -0.2) is 28.9 Å². The summed E-state index contributed by atoms with van der Waals surface area (Å²) in [7, 11) is 0. The van der Waals surface area contributed by atoms with Crippen molar-refractivity contribution in [1.82, 2.24) is 0 Å². The topological polar surface area (TPSA) is 80.7 Å². The number of esters is 1. The van der Waals surface area contributed by atoms with E-state index in [4.69, 9.17) is 4.74 Å². The predicted molar refractivity (Wildman–Crippen MR) is 101 cm³/mol. The van der Waals surface area contributed by atoms with E-state index < -0.39 is 29.9 Å². The molecular weight excluding hydrogens is 344 g/mol. The van der Waals surface area contributed by atoms with Gasteiger partial charge in [0, 0.05) is 5.57 Å². The van der Waals surface area contributed by atoms with E-state index in [1.165, 1.54) is 6.08 Å². The number of allylic oxidation sites excluding steroid dienone is 1. The predicted octanol–water partition coefficient (Wildman–Crippen LogP) is 3.63. The summed E-state index contributed by atoms with van der Waals surface area (Å²) in [5.74, 6) is -3.04. The summed E-state index contributed by atoms with van der Waals surface area (Å²) >= 11 is 0. The zero-order chi connectivity index (χ0) is 19.6. The van der Waals surface area contributed by atoms with E-state index in [1.807, 2.05) is 32.0 Å². The zero-order valence-corrected chi connectivity index (χ0v) is 15.6. The van der Waals surface area contributed by atoms with Crippen LogP contribution >= 0.6 is 0 Å². The Labute approximate surface area is 158 Å². The van der Waals surface area contributed by atoms with E-state index in [0.29, 0.717) is 18.4 Å². The van der Waals surface area contributed by atoms with Crippen LogP contribution in [0.4, 0.5) is 0 Å². The number of carboxylic acid groups (broad SMARTS) is 1. The zero-order valence-electron chi connectivity index (χ0n) is 15.6. The lowest BCUT2D eigenvalue weighted by Crippen LogP contribution is -2.35. The summed E-state index contributed by atoms with van der Waals surface area (Å²) in [6, 6.07) is 5.93. The molecule has 3 unspecified atom stereocenters. The first-order valence-electron chi connectivity index (χ1n) is 9.31. The standard InChI is InChI=1S/C22H24O5/c1-13-7-8-15(14(2)11-13)12-18-19(23)9-10-20(18)27-22(26)17-6-4-3-5-16(17)21(24)25/h7-12,16-17,20H,3-6H2,1-2H3,(H,24,25)/b18-12+. The highest BCUT2D eigenvalue weighted by Crippen LogP contribution is 2.33. The fraction of sp³-hybridized carbons (Fsp3) is 0.409. The first-order valence-corrected chi connectivity index (χ1v) is 9.31. The number of rotatable bonds is 4. The highest BCUT2D eigenvalue weighted by molar-refractivity contribution is 6.11. The van der Waals surface area contributed by atoms with E-state index in [2.05, 4.69) is 0 Å². The third kappa shape index (κ3) is 4.18. The molecule has 3 atom stereocenters. The molecule has 0 amide bonds. The Hall–Kier alpha value is -2.69. The molecule has 0 spiro atoms. The van der Waals surface area contributed by atoms with Crippen molar-refractivity contribution < 1.29 is 24.2 Å². The maximum absolute atomic E-state index is 12.6. The average Bonchev–Trinajstić information content (AvgIpc) is 2.97. The number of hydrogen-bond acceptors (Lipinski definition) is 4. The summed E-state index contributed by atoms with van der Waals surface area (Å²) < 4.78 is 5.57. The van der Waals surface area contributed by atoms with E-state index >= 15 is 0 Å². The molecule has 1 saturated carbocycles. The summed E-state index contributed by atoms with van der Waals surface area (Å²) in [6.45, 7) is 3.96. The van der Waals surface area contributed by atoms with Gasteiger partial charge in [0.15, 0.2) is 5.78 Å². The van der Waals surface area contributed by atoms with Crippen LogP contribution in [0.3, 0.4) is 0 Å². The molecule has 1 aromatic carbocycles. The summed E-state index contributed by atoms with van der Waals surface area (Å²) in [4.78, 5) is 36.3. The summed E-state index contributed by atoms with van der Waals surface area (Å²) in [5.41, 5.74) is 3.46. The highest BCUT2D eigenvalue weighted by Gasteiger charge is 2.38. The van der Waals surface area contributed by atoms with Crippen molar-refractivity contribution in [3.8, 4) is 0 Å². The second-order valence-electron chi connectivity index (χ2n) is 7.38. The van der Waals surface area contributed by atoms with Crippen molar-refractivity contribution in [3.05, 3.63) is 52.6 Å². The van der Waals surface area contributed by atoms with Crippen LogP contribution in [0.5, 0.6) is 0 Å².